The Morgan fingerprint density at radius 1 is 0.806 bits per heavy atom. The molecule has 5 rings (SSSR count). The van der Waals surface area contributed by atoms with Gasteiger partial charge < -0.3 is 0 Å². The Kier molecular flexibility index (Phi) is 4.63. The van der Waals surface area contributed by atoms with E-state index in [0.717, 1.165) is 16.7 Å². The molecule has 8 heteroatoms. The van der Waals surface area contributed by atoms with E-state index in [1.54, 1.807) is 48.5 Å². The third-order valence-electron chi connectivity index (χ3n) is 5.03. The smallest absolute Gasteiger partial charge is 0.266 e. The number of para-hydroxylation sites is 1. The maximum atomic E-state index is 13.4. The fourth-order valence-corrected chi connectivity index (χ4v) is 4.47. The lowest BCUT2D eigenvalue weighted by atomic mass is 10.1. The predicted molar refractivity (Wildman–Crippen MR) is 115 cm³/mol. The maximum absolute atomic E-state index is 13.4. The van der Waals surface area contributed by atoms with Crippen LogP contribution in [-0.2, 0) is 0 Å². The summed E-state index contributed by atoms with van der Waals surface area (Å²) in [4.78, 5) is 44.2. The molecule has 152 valence electrons. The van der Waals surface area contributed by atoms with Crippen molar-refractivity contribution in [1.82, 2.24) is 14.5 Å². The standard InChI is InChI=1S/C23H14FN3O3S/c24-14-9-11-15(12-10-14)27-22(30)18-7-3-4-8-19(18)25-23(27)31-13-26-20(28)16-5-1-2-6-17(16)21(26)29/h1-12H,13H2. The largest absolute Gasteiger partial charge is 0.269 e. The maximum Gasteiger partial charge on any atom is 0.266 e. The monoisotopic (exact) mass is 431 g/mol. The minimum Gasteiger partial charge on any atom is -0.269 e. The van der Waals surface area contributed by atoms with E-state index in [0.29, 0.717) is 32.9 Å². The van der Waals surface area contributed by atoms with Gasteiger partial charge in [0.15, 0.2) is 5.16 Å². The number of carbonyl (C=O) groups excluding carboxylic acids is 2. The van der Waals surface area contributed by atoms with Crippen LogP contribution in [0.3, 0.4) is 0 Å². The van der Waals surface area contributed by atoms with Gasteiger partial charge in [0, 0.05) is 0 Å². The molecule has 0 saturated heterocycles. The first kappa shape index (κ1) is 19.2. The van der Waals surface area contributed by atoms with Gasteiger partial charge in [0.2, 0.25) is 0 Å². The van der Waals surface area contributed by atoms with Crippen molar-refractivity contribution in [2.45, 2.75) is 5.16 Å². The lowest BCUT2D eigenvalue weighted by Gasteiger charge is -2.16. The molecule has 0 atom stereocenters. The number of aromatic nitrogens is 2. The molecule has 1 aliphatic heterocycles. The number of rotatable bonds is 4. The molecule has 6 nitrogen and oxygen atoms in total. The summed E-state index contributed by atoms with van der Waals surface area (Å²) < 4.78 is 14.8. The summed E-state index contributed by atoms with van der Waals surface area (Å²) >= 11 is 1.09. The average molecular weight is 431 g/mol. The van der Waals surface area contributed by atoms with Crippen molar-refractivity contribution < 1.29 is 14.0 Å². The Hall–Kier alpha value is -3.78. The second kappa shape index (κ2) is 7.48. The van der Waals surface area contributed by atoms with E-state index in [1.807, 2.05) is 0 Å². The Bertz CT molecular complexity index is 1380. The molecule has 0 N–H and O–H groups in total. The number of carbonyl (C=O) groups is 2. The van der Waals surface area contributed by atoms with Crippen molar-refractivity contribution >= 4 is 34.5 Å². The lowest BCUT2D eigenvalue weighted by Crippen LogP contribution is -2.30. The van der Waals surface area contributed by atoms with E-state index in [9.17, 15) is 18.8 Å². The van der Waals surface area contributed by atoms with Crippen molar-refractivity contribution in [2.24, 2.45) is 0 Å². The van der Waals surface area contributed by atoms with Crippen LogP contribution in [0.2, 0.25) is 0 Å². The van der Waals surface area contributed by atoms with E-state index in [-0.39, 0.29) is 23.3 Å². The molecule has 0 fully saturated rings. The average Bonchev–Trinajstić information content (AvgIpc) is 3.03. The zero-order valence-electron chi connectivity index (χ0n) is 16.0. The minimum absolute atomic E-state index is 0.0156. The van der Waals surface area contributed by atoms with Crippen molar-refractivity contribution in [3.05, 3.63) is 100 Å². The highest BCUT2D eigenvalue weighted by Gasteiger charge is 2.35. The second-order valence-electron chi connectivity index (χ2n) is 6.89. The van der Waals surface area contributed by atoms with Crippen LogP contribution in [0.1, 0.15) is 20.7 Å². The highest BCUT2D eigenvalue weighted by atomic mass is 32.2. The molecule has 0 radical (unpaired) electrons. The zero-order chi connectivity index (χ0) is 21.5. The Labute approximate surface area is 179 Å². The van der Waals surface area contributed by atoms with Gasteiger partial charge in [0.1, 0.15) is 5.82 Å². The highest BCUT2D eigenvalue weighted by molar-refractivity contribution is 7.99. The fourth-order valence-electron chi connectivity index (χ4n) is 3.51. The number of imide groups is 1. The molecule has 1 aliphatic rings. The van der Waals surface area contributed by atoms with Crippen molar-refractivity contribution in [2.75, 3.05) is 5.88 Å². The summed E-state index contributed by atoms with van der Waals surface area (Å²) in [6.07, 6.45) is 0. The first-order valence-corrected chi connectivity index (χ1v) is 10.4. The van der Waals surface area contributed by atoms with Gasteiger partial charge >= 0.3 is 0 Å². The summed E-state index contributed by atoms with van der Waals surface area (Å²) in [6.45, 7) is 0. The molecule has 3 aromatic carbocycles. The Balaban J connectivity index is 1.56. The molecule has 31 heavy (non-hydrogen) atoms. The van der Waals surface area contributed by atoms with Crippen LogP contribution in [0.15, 0.2) is 82.7 Å². The van der Waals surface area contributed by atoms with E-state index in [1.165, 1.54) is 28.8 Å². The van der Waals surface area contributed by atoms with Crippen LogP contribution in [-0.4, -0.2) is 32.1 Å². The van der Waals surface area contributed by atoms with E-state index >= 15 is 0 Å². The summed E-state index contributed by atoms with van der Waals surface area (Å²) in [6, 6.07) is 19.0. The quantitative estimate of drug-likeness (QED) is 0.279. The molecule has 0 spiro atoms. The molecular weight excluding hydrogens is 417 g/mol. The van der Waals surface area contributed by atoms with Gasteiger partial charge in [-0.2, -0.15) is 0 Å². The number of hydrogen-bond donors (Lipinski definition) is 0. The first-order chi connectivity index (χ1) is 15.0. The second-order valence-corrected chi connectivity index (χ2v) is 7.80. The van der Waals surface area contributed by atoms with Crippen LogP contribution in [0.5, 0.6) is 0 Å². The van der Waals surface area contributed by atoms with Gasteiger partial charge in [0.25, 0.3) is 17.4 Å². The summed E-state index contributed by atoms with van der Waals surface area (Å²) in [5.41, 5.74) is 1.33. The molecule has 0 bridgehead atoms. The molecule has 0 unspecified atom stereocenters. The molecular formula is C23H14FN3O3S. The summed E-state index contributed by atoms with van der Waals surface area (Å²) in [5.74, 6) is -1.21. The Morgan fingerprint density at radius 2 is 1.42 bits per heavy atom. The number of amides is 2. The van der Waals surface area contributed by atoms with Gasteiger partial charge in [-0.1, -0.05) is 36.0 Å². The van der Waals surface area contributed by atoms with E-state index in [2.05, 4.69) is 4.98 Å². The molecule has 4 aromatic rings. The molecule has 1 aromatic heterocycles. The predicted octanol–water partition coefficient (Wildman–Crippen LogP) is 3.87. The van der Waals surface area contributed by atoms with Crippen LogP contribution >= 0.6 is 11.8 Å². The van der Waals surface area contributed by atoms with Gasteiger partial charge in [-0.3, -0.25) is 23.9 Å². The summed E-state index contributed by atoms with van der Waals surface area (Å²) in [5, 5.41) is 0.712. The lowest BCUT2D eigenvalue weighted by molar-refractivity contribution is 0.0684. The fraction of sp³-hybridized carbons (Fsp3) is 0.0435. The van der Waals surface area contributed by atoms with Crippen LogP contribution < -0.4 is 5.56 Å². The van der Waals surface area contributed by atoms with Crippen LogP contribution in [0, 0.1) is 5.82 Å². The topological polar surface area (TPSA) is 72.3 Å². The third kappa shape index (κ3) is 3.21. The third-order valence-corrected chi connectivity index (χ3v) is 5.95. The SMILES string of the molecule is O=C1c2ccccc2C(=O)N1CSc1nc2ccccc2c(=O)n1-c1ccc(F)cc1. The highest BCUT2D eigenvalue weighted by Crippen LogP contribution is 2.28. The molecule has 0 saturated carbocycles. The van der Waals surface area contributed by atoms with E-state index < -0.39 is 5.82 Å². The molecule has 2 heterocycles. The van der Waals surface area contributed by atoms with Gasteiger partial charge in [-0.15, -0.1) is 0 Å². The number of hydrogen-bond acceptors (Lipinski definition) is 5. The number of halogens is 1. The first-order valence-electron chi connectivity index (χ1n) is 9.40. The van der Waals surface area contributed by atoms with Crippen LogP contribution in [0.25, 0.3) is 16.6 Å². The summed E-state index contributed by atoms with van der Waals surface area (Å²) in [7, 11) is 0. The number of thioether (sulfide) groups is 1. The normalized spacial score (nSPS) is 13.1. The Morgan fingerprint density at radius 3 is 2.10 bits per heavy atom. The molecule has 0 aliphatic carbocycles. The van der Waals surface area contributed by atoms with Gasteiger partial charge in [-0.05, 0) is 48.5 Å². The van der Waals surface area contributed by atoms with Gasteiger partial charge in [0.05, 0.1) is 33.6 Å². The van der Waals surface area contributed by atoms with Crippen molar-refractivity contribution in [1.29, 1.82) is 0 Å². The van der Waals surface area contributed by atoms with Crippen molar-refractivity contribution in [3.63, 3.8) is 0 Å². The van der Waals surface area contributed by atoms with Crippen molar-refractivity contribution in [3.8, 4) is 5.69 Å². The minimum atomic E-state index is -0.425. The van der Waals surface area contributed by atoms with Gasteiger partial charge in [-0.25, -0.2) is 9.37 Å². The molecule has 2 amide bonds. The number of fused-ring (bicyclic) bond motifs is 2. The number of benzene rings is 3. The van der Waals surface area contributed by atoms with Crippen LogP contribution in [0.4, 0.5) is 4.39 Å². The number of nitrogens with zero attached hydrogens (tertiary/aromatic N) is 3. The zero-order valence-corrected chi connectivity index (χ0v) is 16.8. The van der Waals surface area contributed by atoms with E-state index in [4.69, 9.17) is 0 Å².